The van der Waals surface area contributed by atoms with Gasteiger partial charge in [-0.1, -0.05) is 0 Å². The van der Waals surface area contributed by atoms with Crippen molar-refractivity contribution in [2.45, 2.75) is 19.3 Å². The zero-order valence-electron chi connectivity index (χ0n) is 7.11. The minimum atomic E-state index is -0.500. The molecule has 68 valence electrons. The lowest BCUT2D eigenvalue weighted by molar-refractivity contribution is -0.667. The van der Waals surface area contributed by atoms with Gasteiger partial charge in [0.05, 0.1) is 13.1 Å². The summed E-state index contributed by atoms with van der Waals surface area (Å²) < 4.78 is 2.38. The number of hydrazone groups is 1. The first-order valence-corrected chi connectivity index (χ1v) is 4.29. The highest BCUT2D eigenvalue weighted by atomic mass is 16.3. The molecule has 4 nitrogen and oxygen atoms in total. The van der Waals surface area contributed by atoms with E-state index in [-0.39, 0.29) is 0 Å². The van der Waals surface area contributed by atoms with Crippen LogP contribution in [-0.2, 0) is 4.79 Å². The molecule has 0 aromatic carbocycles. The molecule has 12 heavy (non-hydrogen) atoms. The fourth-order valence-corrected chi connectivity index (χ4v) is 1.65. The molecule has 2 heterocycles. The summed E-state index contributed by atoms with van der Waals surface area (Å²) in [4.78, 5) is 8.25. The summed E-state index contributed by atoms with van der Waals surface area (Å²) in [6.07, 6.45) is 6.33. The summed E-state index contributed by atoms with van der Waals surface area (Å²) in [6, 6.07) is 0. The number of fused-ring (bicyclic) bond motifs is 1. The maximum Gasteiger partial charge on any atom is 0.173 e. The highest BCUT2D eigenvalue weighted by Gasteiger charge is 2.25. The number of nitrogens with zero attached hydrogens (tertiary/aromatic N) is 2. The second-order valence-electron chi connectivity index (χ2n) is 2.89. The first-order valence-electron chi connectivity index (χ1n) is 4.29. The second kappa shape index (κ2) is 4.74. The fraction of sp³-hybridized carbons (Fsp3) is 0.750. The van der Waals surface area contributed by atoms with Crippen LogP contribution in [0.3, 0.4) is 0 Å². The molecule has 2 rings (SSSR count). The summed E-state index contributed by atoms with van der Waals surface area (Å²) in [6.45, 7) is 3.34. The zero-order valence-corrected chi connectivity index (χ0v) is 7.11. The van der Waals surface area contributed by atoms with Crippen LogP contribution in [0.4, 0.5) is 0 Å². The van der Waals surface area contributed by atoms with Gasteiger partial charge in [0.15, 0.2) is 12.8 Å². The Balaban J connectivity index is 0.000000213. The maximum atomic E-state index is 8.25. The van der Waals surface area contributed by atoms with Gasteiger partial charge in [-0.3, -0.25) is 0 Å². The lowest BCUT2D eigenvalue weighted by Gasteiger charge is -2.15. The number of carboxylic acid groups (broad SMARTS) is 1. The SMILES string of the molecule is C1=[N+]2CCCN2CCC1.O=C[O-]. The lowest BCUT2D eigenvalue weighted by Crippen LogP contribution is -2.33. The third-order valence-corrected chi connectivity index (χ3v) is 2.13. The topological polar surface area (TPSA) is 46.4 Å². The Hall–Kier alpha value is -1.06. The van der Waals surface area contributed by atoms with Crippen molar-refractivity contribution in [3.8, 4) is 0 Å². The fourth-order valence-electron chi connectivity index (χ4n) is 1.65. The van der Waals surface area contributed by atoms with Gasteiger partial charge in [0.25, 0.3) is 0 Å². The van der Waals surface area contributed by atoms with Crippen molar-refractivity contribution >= 4 is 12.7 Å². The summed E-state index contributed by atoms with van der Waals surface area (Å²) in [5.41, 5.74) is 0. The van der Waals surface area contributed by atoms with Gasteiger partial charge < -0.3 is 9.90 Å². The normalized spacial score (nSPS) is 20.3. The summed E-state index contributed by atoms with van der Waals surface area (Å²) in [5.74, 6) is 0. The third kappa shape index (κ3) is 2.22. The molecule has 0 radical (unpaired) electrons. The molecule has 0 saturated carbocycles. The molecule has 0 amide bonds. The number of rotatable bonds is 0. The Bertz CT molecular complexity index is 180. The molecule has 0 atom stereocenters. The molecule has 2 aliphatic rings. The van der Waals surface area contributed by atoms with Crippen molar-refractivity contribution in [1.29, 1.82) is 0 Å². The number of hydrogen-bond acceptors (Lipinski definition) is 3. The number of carbonyl (C=O) groups is 1. The van der Waals surface area contributed by atoms with E-state index in [2.05, 4.69) is 15.9 Å². The van der Waals surface area contributed by atoms with Crippen LogP contribution in [0.25, 0.3) is 0 Å². The van der Waals surface area contributed by atoms with Gasteiger partial charge in [-0.15, -0.1) is 4.68 Å². The lowest BCUT2D eigenvalue weighted by atomic mass is 10.3. The smallest absolute Gasteiger partial charge is 0.173 e. The molecule has 2 aliphatic heterocycles. The molecular weight excluding hydrogens is 156 g/mol. The van der Waals surface area contributed by atoms with Crippen LogP contribution >= 0.6 is 0 Å². The van der Waals surface area contributed by atoms with Crippen LogP contribution in [0.15, 0.2) is 0 Å². The molecule has 1 fully saturated rings. The maximum absolute atomic E-state index is 8.25. The first kappa shape index (κ1) is 9.03. The largest absolute Gasteiger partial charge is 0.554 e. The highest BCUT2D eigenvalue weighted by Crippen LogP contribution is 2.09. The molecule has 4 heteroatoms. The van der Waals surface area contributed by atoms with E-state index in [9.17, 15) is 0 Å². The van der Waals surface area contributed by atoms with Crippen LogP contribution in [0, 0.1) is 0 Å². The van der Waals surface area contributed by atoms with Gasteiger partial charge in [-0.05, 0) is 6.42 Å². The monoisotopic (exact) mass is 170 g/mol. The number of hydrogen-bond donors (Lipinski definition) is 0. The Kier molecular flexibility index (Phi) is 3.57. The van der Waals surface area contributed by atoms with Gasteiger partial charge in [0, 0.05) is 19.3 Å². The van der Waals surface area contributed by atoms with Gasteiger partial charge in [-0.2, -0.15) is 5.01 Å². The van der Waals surface area contributed by atoms with Crippen LogP contribution in [0.5, 0.6) is 0 Å². The average Bonchev–Trinajstić information content (AvgIpc) is 2.52. The molecule has 0 spiro atoms. The van der Waals surface area contributed by atoms with Gasteiger partial charge >= 0.3 is 0 Å². The molecule has 0 unspecified atom stereocenters. The van der Waals surface area contributed by atoms with E-state index in [4.69, 9.17) is 9.90 Å². The predicted octanol–water partition coefficient (Wildman–Crippen LogP) is -1.15. The van der Waals surface area contributed by atoms with E-state index in [1.807, 2.05) is 0 Å². The van der Waals surface area contributed by atoms with Gasteiger partial charge in [0.1, 0.15) is 0 Å². The van der Waals surface area contributed by atoms with Crippen LogP contribution in [0.2, 0.25) is 0 Å². The van der Waals surface area contributed by atoms with Crippen molar-refractivity contribution < 1.29 is 14.6 Å². The van der Waals surface area contributed by atoms with Crippen molar-refractivity contribution in [3.63, 3.8) is 0 Å². The Morgan fingerprint density at radius 1 is 1.42 bits per heavy atom. The molecule has 0 aromatic rings. The Morgan fingerprint density at radius 2 is 2.08 bits per heavy atom. The van der Waals surface area contributed by atoms with Gasteiger partial charge in [-0.25, -0.2) is 0 Å². The average molecular weight is 170 g/mol. The second-order valence-corrected chi connectivity index (χ2v) is 2.89. The molecular formula is C8H14N2O2. The van der Waals surface area contributed by atoms with Crippen molar-refractivity contribution in [2.75, 3.05) is 19.6 Å². The van der Waals surface area contributed by atoms with E-state index in [0.29, 0.717) is 0 Å². The van der Waals surface area contributed by atoms with Crippen molar-refractivity contribution in [3.05, 3.63) is 0 Å². The van der Waals surface area contributed by atoms with Gasteiger partial charge in [0.2, 0.25) is 0 Å². The number of carbonyl (C=O) groups excluding carboxylic acids is 1. The zero-order chi connectivity index (χ0) is 8.81. The molecule has 0 bridgehead atoms. The summed E-state index contributed by atoms with van der Waals surface area (Å²) >= 11 is 0. The van der Waals surface area contributed by atoms with E-state index in [1.54, 1.807) is 0 Å². The third-order valence-electron chi connectivity index (χ3n) is 2.13. The molecule has 0 N–H and O–H groups in total. The molecule has 0 aromatic heterocycles. The van der Waals surface area contributed by atoms with Crippen LogP contribution in [-0.4, -0.2) is 42.0 Å². The minimum Gasteiger partial charge on any atom is -0.554 e. The van der Waals surface area contributed by atoms with Crippen LogP contribution < -0.4 is 5.11 Å². The number of hydrazine groups is 1. The summed E-state index contributed by atoms with van der Waals surface area (Å²) in [7, 11) is 0. The predicted molar refractivity (Wildman–Crippen MR) is 42.7 cm³/mol. The minimum absolute atomic E-state index is 0.500. The van der Waals surface area contributed by atoms with Crippen molar-refractivity contribution in [2.24, 2.45) is 0 Å². The standard InChI is InChI=1S/C7H13N2.CH2O2/c1-2-5-9-7-3-6-8(9)4-1;2-1-3/h4H,1-3,5-7H2;1H,(H,2,3)/q+1;/p-1. The molecule has 1 saturated heterocycles. The molecule has 0 aliphatic carbocycles. The van der Waals surface area contributed by atoms with E-state index >= 15 is 0 Å². The first-order chi connectivity index (χ1) is 5.88. The van der Waals surface area contributed by atoms with E-state index in [1.165, 1.54) is 38.9 Å². The van der Waals surface area contributed by atoms with Crippen molar-refractivity contribution in [1.82, 2.24) is 5.01 Å². The highest BCUT2D eigenvalue weighted by molar-refractivity contribution is 5.51. The Labute approximate surface area is 72.1 Å². The summed E-state index contributed by atoms with van der Waals surface area (Å²) in [5, 5.41) is 10.7. The quantitative estimate of drug-likeness (QED) is 0.341. The Morgan fingerprint density at radius 3 is 2.75 bits per heavy atom. The van der Waals surface area contributed by atoms with E-state index < -0.39 is 6.47 Å². The van der Waals surface area contributed by atoms with E-state index in [0.717, 1.165) is 0 Å². The van der Waals surface area contributed by atoms with Crippen LogP contribution in [0.1, 0.15) is 19.3 Å².